The van der Waals surface area contributed by atoms with E-state index < -0.39 is 0 Å². The van der Waals surface area contributed by atoms with E-state index in [1.165, 1.54) is 0 Å². The summed E-state index contributed by atoms with van der Waals surface area (Å²) in [6.07, 6.45) is 4.07. The number of hydrogen-bond donors (Lipinski definition) is 0. The maximum Gasteiger partial charge on any atom is 0.228 e. The van der Waals surface area contributed by atoms with Gasteiger partial charge in [0.2, 0.25) is 5.91 Å². The van der Waals surface area contributed by atoms with Gasteiger partial charge in [-0.2, -0.15) is 5.10 Å². The average Bonchev–Trinajstić information content (AvgIpc) is 3.11. The van der Waals surface area contributed by atoms with Crippen LogP contribution in [0.4, 0.5) is 5.82 Å². The molecule has 0 aromatic carbocycles. The molecule has 20 heavy (non-hydrogen) atoms. The Labute approximate surface area is 117 Å². The van der Waals surface area contributed by atoms with Crippen molar-refractivity contribution < 1.29 is 9.21 Å². The Kier molecular flexibility index (Phi) is 3.18. The molecule has 1 unspecified atom stereocenters. The summed E-state index contributed by atoms with van der Waals surface area (Å²) >= 11 is 0. The van der Waals surface area contributed by atoms with Crippen molar-refractivity contribution in [1.82, 2.24) is 9.78 Å². The Morgan fingerprint density at radius 3 is 3.00 bits per heavy atom. The zero-order chi connectivity index (χ0) is 14.1. The Morgan fingerprint density at radius 2 is 2.35 bits per heavy atom. The van der Waals surface area contributed by atoms with Crippen molar-refractivity contribution in [1.29, 1.82) is 0 Å². The largest absolute Gasteiger partial charge is 0.464 e. The molecule has 2 aromatic rings. The van der Waals surface area contributed by atoms with Crippen molar-refractivity contribution in [2.75, 3.05) is 11.4 Å². The SMILES string of the molecule is C=CC1CC(=O)N(c2ccnn2Cc2ccc(C)o2)C1. The van der Waals surface area contributed by atoms with Gasteiger partial charge in [-0.1, -0.05) is 6.08 Å². The second-order valence-electron chi connectivity index (χ2n) is 5.06. The van der Waals surface area contributed by atoms with E-state index in [0.29, 0.717) is 19.5 Å². The van der Waals surface area contributed by atoms with Gasteiger partial charge in [-0.3, -0.25) is 9.69 Å². The molecule has 0 saturated carbocycles. The van der Waals surface area contributed by atoms with Crippen molar-refractivity contribution in [3.8, 4) is 0 Å². The molecule has 0 N–H and O–H groups in total. The molecule has 3 rings (SSSR count). The van der Waals surface area contributed by atoms with E-state index in [1.54, 1.807) is 15.8 Å². The molecule has 3 heterocycles. The quantitative estimate of drug-likeness (QED) is 0.802. The number of carbonyl (C=O) groups excluding carboxylic acids is 1. The van der Waals surface area contributed by atoms with Gasteiger partial charge in [-0.05, 0) is 19.1 Å². The van der Waals surface area contributed by atoms with Crippen LogP contribution in [-0.4, -0.2) is 22.2 Å². The molecular formula is C15H17N3O2. The number of anilines is 1. The van der Waals surface area contributed by atoms with Crippen molar-refractivity contribution in [3.63, 3.8) is 0 Å². The van der Waals surface area contributed by atoms with Crippen LogP contribution in [0.5, 0.6) is 0 Å². The highest BCUT2D eigenvalue weighted by molar-refractivity contribution is 5.95. The third-order valence-electron chi connectivity index (χ3n) is 3.56. The molecule has 1 aliphatic rings. The monoisotopic (exact) mass is 271 g/mol. The average molecular weight is 271 g/mol. The van der Waals surface area contributed by atoms with Crippen LogP contribution in [0.2, 0.25) is 0 Å². The number of carbonyl (C=O) groups is 1. The fourth-order valence-corrected chi connectivity index (χ4v) is 2.51. The summed E-state index contributed by atoms with van der Waals surface area (Å²) in [5, 5.41) is 4.29. The van der Waals surface area contributed by atoms with Gasteiger partial charge >= 0.3 is 0 Å². The molecule has 0 spiro atoms. The summed E-state index contributed by atoms with van der Waals surface area (Å²) in [5.74, 6) is 2.86. The first-order valence-electron chi connectivity index (χ1n) is 6.67. The highest BCUT2D eigenvalue weighted by Crippen LogP contribution is 2.26. The van der Waals surface area contributed by atoms with Gasteiger partial charge in [-0.25, -0.2) is 4.68 Å². The lowest BCUT2D eigenvalue weighted by atomic mass is 10.1. The Bertz CT molecular complexity index is 641. The fourth-order valence-electron chi connectivity index (χ4n) is 2.51. The second-order valence-corrected chi connectivity index (χ2v) is 5.06. The first-order valence-corrected chi connectivity index (χ1v) is 6.67. The first-order chi connectivity index (χ1) is 9.67. The van der Waals surface area contributed by atoms with Gasteiger partial charge in [0.25, 0.3) is 0 Å². The lowest BCUT2D eigenvalue weighted by Gasteiger charge is -2.17. The highest BCUT2D eigenvalue weighted by Gasteiger charge is 2.30. The van der Waals surface area contributed by atoms with Crippen molar-refractivity contribution in [2.24, 2.45) is 5.92 Å². The number of aromatic nitrogens is 2. The van der Waals surface area contributed by atoms with Crippen LogP contribution in [0.3, 0.4) is 0 Å². The van der Waals surface area contributed by atoms with E-state index in [-0.39, 0.29) is 11.8 Å². The van der Waals surface area contributed by atoms with E-state index in [0.717, 1.165) is 17.3 Å². The molecule has 5 heteroatoms. The van der Waals surface area contributed by atoms with Gasteiger partial charge in [0, 0.05) is 24.9 Å². The van der Waals surface area contributed by atoms with Crippen LogP contribution in [-0.2, 0) is 11.3 Å². The van der Waals surface area contributed by atoms with Crippen LogP contribution < -0.4 is 4.90 Å². The van der Waals surface area contributed by atoms with Crippen LogP contribution >= 0.6 is 0 Å². The number of amides is 1. The predicted octanol–water partition coefficient (Wildman–Crippen LogP) is 2.37. The van der Waals surface area contributed by atoms with Crippen LogP contribution in [0, 0.1) is 12.8 Å². The summed E-state index contributed by atoms with van der Waals surface area (Å²) < 4.78 is 7.36. The molecule has 1 fully saturated rings. The minimum absolute atomic E-state index is 0.118. The van der Waals surface area contributed by atoms with E-state index >= 15 is 0 Å². The summed E-state index contributed by atoms with van der Waals surface area (Å²) in [5.41, 5.74) is 0. The maximum absolute atomic E-state index is 12.1. The van der Waals surface area contributed by atoms with E-state index in [2.05, 4.69) is 11.7 Å². The zero-order valence-corrected chi connectivity index (χ0v) is 11.5. The lowest BCUT2D eigenvalue weighted by Crippen LogP contribution is -2.27. The number of aryl methyl sites for hydroxylation is 1. The second kappa shape index (κ2) is 5.00. The van der Waals surface area contributed by atoms with Crippen molar-refractivity contribution in [2.45, 2.75) is 19.9 Å². The molecule has 2 aromatic heterocycles. The van der Waals surface area contributed by atoms with Gasteiger partial charge in [0.05, 0.1) is 6.20 Å². The Hall–Kier alpha value is -2.30. The van der Waals surface area contributed by atoms with Gasteiger partial charge in [-0.15, -0.1) is 6.58 Å². The molecule has 0 bridgehead atoms. The molecule has 104 valence electrons. The molecule has 1 saturated heterocycles. The number of furan rings is 1. The third-order valence-corrected chi connectivity index (χ3v) is 3.56. The lowest BCUT2D eigenvalue weighted by molar-refractivity contribution is -0.117. The van der Waals surface area contributed by atoms with E-state index in [1.807, 2.05) is 31.2 Å². The summed E-state index contributed by atoms with van der Waals surface area (Å²) in [6.45, 7) is 6.88. The normalized spacial score (nSPS) is 18.8. The van der Waals surface area contributed by atoms with Crippen LogP contribution in [0.15, 0.2) is 41.5 Å². The predicted molar refractivity (Wildman–Crippen MR) is 75.4 cm³/mol. The van der Waals surface area contributed by atoms with Crippen LogP contribution in [0.1, 0.15) is 17.9 Å². The van der Waals surface area contributed by atoms with Crippen molar-refractivity contribution >= 4 is 11.7 Å². The Balaban J connectivity index is 1.83. The third kappa shape index (κ3) is 2.27. The summed E-state index contributed by atoms with van der Waals surface area (Å²) in [6, 6.07) is 5.71. The van der Waals surface area contributed by atoms with Crippen LogP contribution in [0.25, 0.3) is 0 Å². The number of nitrogens with zero attached hydrogens (tertiary/aromatic N) is 3. The number of hydrogen-bond acceptors (Lipinski definition) is 3. The topological polar surface area (TPSA) is 51.3 Å². The first kappa shape index (κ1) is 12.7. The van der Waals surface area contributed by atoms with E-state index in [4.69, 9.17) is 4.42 Å². The molecule has 1 atom stereocenters. The summed E-state index contributed by atoms with van der Waals surface area (Å²) in [4.78, 5) is 13.8. The smallest absolute Gasteiger partial charge is 0.228 e. The van der Waals surface area contributed by atoms with Gasteiger partial charge < -0.3 is 4.42 Å². The van der Waals surface area contributed by atoms with Gasteiger partial charge in [0.15, 0.2) is 0 Å². The molecule has 0 aliphatic carbocycles. The standard InChI is InChI=1S/C15H17N3O2/c1-3-12-8-15(19)17(9-12)14-6-7-16-18(14)10-13-5-4-11(2)20-13/h3-7,12H,1,8-10H2,2H3. The molecule has 1 amide bonds. The zero-order valence-electron chi connectivity index (χ0n) is 11.5. The Morgan fingerprint density at radius 1 is 1.50 bits per heavy atom. The summed E-state index contributed by atoms with van der Waals surface area (Å²) in [7, 11) is 0. The highest BCUT2D eigenvalue weighted by atomic mass is 16.3. The minimum atomic E-state index is 0.118. The van der Waals surface area contributed by atoms with E-state index in [9.17, 15) is 4.79 Å². The number of rotatable bonds is 4. The van der Waals surface area contributed by atoms with Gasteiger partial charge in [0.1, 0.15) is 23.9 Å². The molecular weight excluding hydrogens is 254 g/mol. The molecule has 5 nitrogen and oxygen atoms in total. The maximum atomic E-state index is 12.1. The molecule has 0 radical (unpaired) electrons. The molecule has 1 aliphatic heterocycles. The fraction of sp³-hybridized carbons (Fsp3) is 0.333. The minimum Gasteiger partial charge on any atom is -0.464 e. The van der Waals surface area contributed by atoms with Crippen molar-refractivity contribution in [3.05, 3.63) is 48.6 Å².